The van der Waals surface area contributed by atoms with E-state index in [1.54, 1.807) is 24.5 Å². The largest absolute Gasteiger partial charge is 0.496 e. The first-order valence-corrected chi connectivity index (χ1v) is 7.63. The van der Waals surface area contributed by atoms with Crippen molar-refractivity contribution in [2.24, 2.45) is 0 Å². The quantitative estimate of drug-likeness (QED) is 0.870. The van der Waals surface area contributed by atoms with Crippen LogP contribution in [0.15, 0.2) is 34.1 Å². The van der Waals surface area contributed by atoms with Crippen LogP contribution in [-0.2, 0) is 0 Å². The SMILES string of the molecule is CCNC(c1cc(Br)cs1)c1cc(F)ccc1OC. The van der Waals surface area contributed by atoms with E-state index in [4.69, 9.17) is 4.74 Å². The second-order valence-corrected chi connectivity index (χ2v) is 5.90. The number of hydrogen-bond acceptors (Lipinski definition) is 3. The molecular formula is C14H15BrFNOS. The molecule has 2 nitrogen and oxygen atoms in total. The van der Waals surface area contributed by atoms with Crippen LogP contribution in [0.2, 0.25) is 0 Å². The van der Waals surface area contributed by atoms with Gasteiger partial charge in [0.05, 0.1) is 13.2 Å². The highest BCUT2D eigenvalue weighted by Crippen LogP contribution is 2.34. The molecule has 0 saturated carbocycles. The summed E-state index contributed by atoms with van der Waals surface area (Å²) in [6, 6.07) is 6.59. The fourth-order valence-corrected chi connectivity index (χ4v) is 3.52. The molecule has 5 heteroatoms. The molecule has 2 aromatic rings. The number of rotatable bonds is 5. The molecule has 0 aliphatic carbocycles. The van der Waals surface area contributed by atoms with Crippen molar-refractivity contribution in [1.29, 1.82) is 0 Å². The number of ether oxygens (including phenoxy) is 1. The average Bonchev–Trinajstić information content (AvgIpc) is 2.82. The fraction of sp³-hybridized carbons (Fsp3) is 0.286. The zero-order valence-corrected chi connectivity index (χ0v) is 13.1. The van der Waals surface area contributed by atoms with Crippen LogP contribution in [0.5, 0.6) is 5.75 Å². The number of nitrogens with one attached hydrogen (secondary N) is 1. The minimum absolute atomic E-state index is 0.0630. The molecular weight excluding hydrogens is 329 g/mol. The van der Waals surface area contributed by atoms with E-state index in [1.807, 2.05) is 18.4 Å². The van der Waals surface area contributed by atoms with Crippen molar-refractivity contribution in [1.82, 2.24) is 5.32 Å². The third-order valence-corrected chi connectivity index (χ3v) is 4.54. The van der Waals surface area contributed by atoms with Gasteiger partial charge >= 0.3 is 0 Å². The highest BCUT2D eigenvalue weighted by Gasteiger charge is 2.19. The molecule has 1 atom stereocenters. The summed E-state index contributed by atoms with van der Waals surface area (Å²) in [7, 11) is 1.60. The van der Waals surface area contributed by atoms with Crippen LogP contribution >= 0.6 is 27.3 Å². The predicted octanol–water partition coefficient (Wildman–Crippen LogP) is 4.36. The number of methoxy groups -OCH3 is 1. The molecule has 0 amide bonds. The lowest BCUT2D eigenvalue weighted by Crippen LogP contribution is -2.21. The van der Waals surface area contributed by atoms with Crippen molar-refractivity contribution in [3.8, 4) is 5.75 Å². The highest BCUT2D eigenvalue weighted by atomic mass is 79.9. The van der Waals surface area contributed by atoms with Gasteiger partial charge in [-0.15, -0.1) is 11.3 Å². The molecule has 19 heavy (non-hydrogen) atoms. The van der Waals surface area contributed by atoms with E-state index in [2.05, 4.69) is 21.2 Å². The second kappa shape index (κ2) is 6.50. The van der Waals surface area contributed by atoms with E-state index in [9.17, 15) is 4.39 Å². The van der Waals surface area contributed by atoms with Gasteiger partial charge in [-0.3, -0.25) is 0 Å². The van der Waals surface area contributed by atoms with Gasteiger partial charge in [-0.2, -0.15) is 0 Å². The van der Waals surface area contributed by atoms with E-state index in [-0.39, 0.29) is 11.9 Å². The number of thiophene rings is 1. The van der Waals surface area contributed by atoms with Crippen LogP contribution in [0.25, 0.3) is 0 Å². The lowest BCUT2D eigenvalue weighted by molar-refractivity contribution is 0.403. The van der Waals surface area contributed by atoms with E-state index in [1.165, 1.54) is 12.1 Å². The predicted molar refractivity (Wildman–Crippen MR) is 80.5 cm³/mol. The fourth-order valence-electron chi connectivity index (χ4n) is 1.98. The van der Waals surface area contributed by atoms with E-state index in [0.717, 1.165) is 21.5 Å². The topological polar surface area (TPSA) is 21.3 Å². The maximum absolute atomic E-state index is 13.5. The number of hydrogen-bond donors (Lipinski definition) is 1. The molecule has 0 spiro atoms. The summed E-state index contributed by atoms with van der Waals surface area (Å²) in [6.07, 6.45) is 0. The Labute approximate surface area is 124 Å². The summed E-state index contributed by atoms with van der Waals surface area (Å²) in [4.78, 5) is 1.12. The standard InChI is InChI=1S/C14H15BrFNOS/c1-3-17-14(13-6-9(15)8-19-13)11-7-10(16)4-5-12(11)18-2/h4-8,14,17H,3H2,1-2H3. The highest BCUT2D eigenvalue weighted by molar-refractivity contribution is 9.10. The molecule has 102 valence electrons. The second-order valence-electron chi connectivity index (χ2n) is 4.04. The van der Waals surface area contributed by atoms with Crippen LogP contribution in [0.4, 0.5) is 4.39 Å². The molecule has 0 radical (unpaired) electrons. The Balaban J connectivity index is 2.46. The monoisotopic (exact) mass is 343 g/mol. The van der Waals surface area contributed by atoms with Crippen LogP contribution in [-0.4, -0.2) is 13.7 Å². The zero-order chi connectivity index (χ0) is 13.8. The van der Waals surface area contributed by atoms with Gasteiger partial charge in [0.15, 0.2) is 0 Å². The summed E-state index contributed by atoms with van der Waals surface area (Å²) >= 11 is 5.08. The normalized spacial score (nSPS) is 12.4. The lowest BCUT2D eigenvalue weighted by Gasteiger charge is -2.19. The van der Waals surface area contributed by atoms with Crippen molar-refractivity contribution < 1.29 is 9.13 Å². The first kappa shape index (κ1) is 14.5. The number of halogens is 2. The molecule has 0 bridgehead atoms. The Bertz CT molecular complexity index is 558. The minimum Gasteiger partial charge on any atom is -0.496 e. The Morgan fingerprint density at radius 2 is 2.21 bits per heavy atom. The lowest BCUT2D eigenvalue weighted by atomic mass is 10.0. The molecule has 1 aromatic heterocycles. The smallest absolute Gasteiger partial charge is 0.124 e. The Kier molecular flexibility index (Phi) is 4.96. The maximum Gasteiger partial charge on any atom is 0.124 e. The van der Waals surface area contributed by atoms with Gasteiger partial charge in [-0.05, 0) is 46.7 Å². The average molecular weight is 344 g/mol. The van der Waals surface area contributed by atoms with Gasteiger partial charge in [-0.25, -0.2) is 4.39 Å². The van der Waals surface area contributed by atoms with Gasteiger partial charge < -0.3 is 10.1 Å². The van der Waals surface area contributed by atoms with Gasteiger partial charge in [0.2, 0.25) is 0 Å². The van der Waals surface area contributed by atoms with E-state index >= 15 is 0 Å². The molecule has 1 unspecified atom stereocenters. The van der Waals surface area contributed by atoms with Crippen LogP contribution in [0.1, 0.15) is 23.4 Å². The molecule has 1 N–H and O–H groups in total. The van der Waals surface area contributed by atoms with Gasteiger partial charge in [0, 0.05) is 20.3 Å². The zero-order valence-electron chi connectivity index (χ0n) is 10.7. The first-order chi connectivity index (χ1) is 9.15. The van der Waals surface area contributed by atoms with Crippen LogP contribution in [0, 0.1) is 5.82 Å². The van der Waals surface area contributed by atoms with Crippen molar-refractivity contribution in [3.63, 3.8) is 0 Å². The Morgan fingerprint density at radius 1 is 1.42 bits per heavy atom. The number of benzene rings is 1. The molecule has 1 heterocycles. The van der Waals surface area contributed by atoms with Crippen molar-refractivity contribution in [2.75, 3.05) is 13.7 Å². The van der Waals surface area contributed by atoms with Crippen molar-refractivity contribution in [2.45, 2.75) is 13.0 Å². The maximum atomic E-state index is 13.5. The van der Waals surface area contributed by atoms with E-state index < -0.39 is 0 Å². The molecule has 0 fully saturated rings. The van der Waals surface area contributed by atoms with Crippen LogP contribution in [0.3, 0.4) is 0 Å². The first-order valence-electron chi connectivity index (χ1n) is 5.96. The summed E-state index contributed by atoms with van der Waals surface area (Å²) in [6.45, 7) is 2.82. The summed E-state index contributed by atoms with van der Waals surface area (Å²) in [5, 5.41) is 5.39. The molecule has 1 aromatic carbocycles. The van der Waals surface area contributed by atoms with E-state index in [0.29, 0.717) is 5.75 Å². The molecule has 2 rings (SSSR count). The van der Waals surface area contributed by atoms with Crippen LogP contribution < -0.4 is 10.1 Å². The molecule has 0 aliphatic rings. The third kappa shape index (κ3) is 3.35. The van der Waals surface area contributed by atoms with Gasteiger partial charge in [0.25, 0.3) is 0 Å². The Hall–Kier alpha value is -0.910. The van der Waals surface area contributed by atoms with Crippen molar-refractivity contribution in [3.05, 3.63) is 50.4 Å². The van der Waals surface area contributed by atoms with Gasteiger partial charge in [-0.1, -0.05) is 6.92 Å². The molecule has 0 aliphatic heterocycles. The summed E-state index contributed by atoms with van der Waals surface area (Å²) in [5.74, 6) is 0.436. The van der Waals surface area contributed by atoms with Gasteiger partial charge in [0.1, 0.15) is 11.6 Å². The summed E-state index contributed by atoms with van der Waals surface area (Å²) < 4.78 is 19.9. The van der Waals surface area contributed by atoms with Crippen molar-refractivity contribution >= 4 is 27.3 Å². The minimum atomic E-state index is -0.255. The summed E-state index contributed by atoms with van der Waals surface area (Å²) in [5.41, 5.74) is 0.818. The third-order valence-electron chi connectivity index (χ3n) is 2.78. The Morgan fingerprint density at radius 3 is 2.79 bits per heavy atom. The molecule has 0 saturated heterocycles.